The molecule has 8 heteroatoms. The van der Waals surface area contributed by atoms with Gasteiger partial charge in [0.25, 0.3) is 0 Å². The number of sulfonamides is 1. The Balaban J connectivity index is 4.72. The van der Waals surface area contributed by atoms with Crippen LogP contribution in [0.4, 0.5) is 13.2 Å². The summed E-state index contributed by atoms with van der Waals surface area (Å²) >= 11 is 5.41. The number of hydrogen-bond donors (Lipinski definition) is 0. The highest BCUT2D eigenvalue weighted by Gasteiger charge is 2.36. The van der Waals surface area contributed by atoms with Gasteiger partial charge in [0.2, 0.25) is 10.0 Å². The summed E-state index contributed by atoms with van der Waals surface area (Å²) < 4.78 is 61.2. The SMILES string of the molecule is CC(C)CN(CC(F)(F)F)S(=O)(=O)CCCCCl. The van der Waals surface area contributed by atoms with Gasteiger partial charge >= 0.3 is 6.18 Å². The number of hydrogen-bond acceptors (Lipinski definition) is 2. The van der Waals surface area contributed by atoms with Gasteiger partial charge in [0.15, 0.2) is 0 Å². The molecule has 0 aliphatic rings. The molecule has 18 heavy (non-hydrogen) atoms. The lowest BCUT2D eigenvalue weighted by molar-refractivity contribution is -0.136. The van der Waals surface area contributed by atoms with Crippen molar-refractivity contribution < 1.29 is 21.6 Å². The fourth-order valence-electron chi connectivity index (χ4n) is 1.39. The third kappa shape index (κ3) is 8.16. The topological polar surface area (TPSA) is 37.4 Å². The molecule has 0 fully saturated rings. The first-order chi connectivity index (χ1) is 8.08. The summed E-state index contributed by atoms with van der Waals surface area (Å²) in [5.41, 5.74) is 0. The van der Waals surface area contributed by atoms with E-state index in [0.717, 1.165) is 0 Å². The molecule has 0 rings (SSSR count). The van der Waals surface area contributed by atoms with Crippen molar-refractivity contribution in [3.63, 3.8) is 0 Å². The molecule has 0 aliphatic carbocycles. The second kappa shape index (κ2) is 7.55. The standard InChI is InChI=1S/C10H19ClF3NO2S/c1-9(2)7-15(8-10(12,13)14)18(16,17)6-4-3-5-11/h9H,3-8H2,1-2H3. The molecule has 0 bridgehead atoms. The van der Waals surface area contributed by atoms with E-state index in [-0.39, 0.29) is 24.6 Å². The van der Waals surface area contributed by atoms with E-state index in [0.29, 0.717) is 16.6 Å². The van der Waals surface area contributed by atoms with Gasteiger partial charge in [-0.3, -0.25) is 0 Å². The summed E-state index contributed by atoms with van der Waals surface area (Å²) in [6, 6.07) is 0. The Kier molecular flexibility index (Phi) is 7.54. The molecule has 0 unspecified atom stereocenters. The van der Waals surface area contributed by atoms with Crippen LogP contribution < -0.4 is 0 Å². The highest BCUT2D eigenvalue weighted by Crippen LogP contribution is 2.20. The zero-order valence-electron chi connectivity index (χ0n) is 10.5. The molecule has 0 heterocycles. The van der Waals surface area contributed by atoms with Crippen LogP contribution in [-0.4, -0.2) is 43.6 Å². The van der Waals surface area contributed by atoms with Crippen molar-refractivity contribution in [3.05, 3.63) is 0 Å². The van der Waals surface area contributed by atoms with Crippen molar-refractivity contribution >= 4 is 21.6 Å². The van der Waals surface area contributed by atoms with Crippen molar-refractivity contribution in [2.45, 2.75) is 32.9 Å². The monoisotopic (exact) mass is 309 g/mol. The van der Waals surface area contributed by atoms with Crippen LogP contribution in [0.3, 0.4) is 0 Å². The number of rotatable bonds is 8. The Hall–Kier alpha value is -0.0100. The van der Waals surface area contributed by atoms with Crippen LogP contribution in [0.5, 0.6) is 0 Å². The molecule has 0 atom stereocenters. The smallest absolute Gasteiger partial charge is 0.212 e. The summed E-state index contributed by atoms with van der Waals surface area (Å²) in [7, 11) is -3.87. The Labute approximate surface area is 111 Å². The molecule has 0 aromatic heterocycles. The van der Waals surface area contributed by atoms with Gasteiger partial charge in [-0.05, 0) is 18.8 Å². The van der Waals surface area contributed by atoms with Gasteiger partial charge in [-0.15, -0.1) is 11.6 Å². The van der Waals surface area contributed by atoms with E-state index in [2.05, 4.69) is 0 Å². The normalized spacial score (nSPS) is 13.6. The molecule has 0 radical (unpaired) electrons. The van der Waals surface area contributed by atoms with Crippen LogP contribution in [0.2, 0.25) is 0 Å². The van der Waals surface area contributed by atoms with E-state index in [9.17, 15) is 21.6 Å². The average Bonchev–Trinajstić information content (AvgIpc) is 2.14. The molecule has 0 aromatic rings. The minimum atomic E-state index is -4.52. The van der Waals surface area contributed by atoms with E-state index >= 15 is 0 Å². The first-order valence-electron chi connectivity index (χ1n) is 5.69. The van der Waals surface area contributed by atoms with Gasteiger partial charge in [-0.25, -0.2) is 8.42 Å². The lowest BCUT2D eigenvalue weighted by Gasteiger charge is -2.24. The van der Waals surface area contributed by atoms with Crippen molar-refractivity contribution in [1.82, 2.24) is 4.31 Å². The van der Waals surface area contributed by atoms with Gasteiger partial charge in [0.1, 0.15) is 6.54 Å². The summed E-state index contributed by atoms with van der Waals surface area (Å²) in [5.74, 6) is -0.142. The molecule has 110 valence electrons. The first kappa shape index (κ1) is 18.0. The van der Waals surface area contributed by atoms with E-state index in [4.69, 9.17) is 11.6 Å². The largest absolute Gasteiger partial charge is 0.402 e. The van der Waals surface area contributed by atoms with Crippen molar-refractivity contribution in [3.8, 4) is 0 Å². The van der Waals surface area contributed by atoms with Gasteiger partial charge < -0.3 is 0 Å². The van der Waals surface area contributed by atoms with Crippen LogP contribution in [0.25, 0.3) is 0 Å². The quantitative estimate of drug-likeness (QED) is 0.511. The number of halogens is 4. The Morgan fingerprint density at radius 1 is 1.22 bits per heavy atom. The first-order valence-corrected chi connectivity index (χ1v) is 7.83. The maximum Gasteiger partial charge on any atom is 0.402 e. The second-order valence-electron chi connectivity index (χ2n) is 4.51. The predicted octanol–water partition coefficient (Wildman–Crippen LogP) is 2.86. The molecule has 3 nitrogen and oxygen atoms in total. The van der Waals surface area contributed by atoms with Crippen LogP contribution >= 0.6 is 11.6 Å². The van der Waals surface area contributed by atoms with Crippen LogP contribution in [0, 0.1) is 5.92 Å². The van der Waals surface area contributed by atoms with Crippen molar-refractivity contribution in [2.24, 2.45) is 5.92 Å². The fourth-order valence-corrected chi connectivity index (χ4v) is 3.28. The molecule has 0 saturated carbocycles. The molecule has 0 N–H and O–H groups in total. The van der Waals surface area contributed by atoms with Gasteiger partial charge in [0, 0.05) is 12.4 Å². The fraction of sp³-hybridized carbons (Fsp3) is 1.00. The van der Waals surface area contributed by atoms with Crippen LogP contribution in [0.15, 0.2) is 0 Å². The lowest BCUT2D eigenvalue weighted by Crippen LogP contribution is -2.42. The second-order valence-corrected chi connectivity index (χ2v) is 6.98. The third-order valence-electron chi connectivity index (χ3n) is 2.10. The van der Waals surface area contributed by atoms with Crippen molar-refractivity contribution in [2.75, 3.05) is 24.7 Å². The van der Waals surface area contributed by atoms with E-state index in [1.807, 2.05) is 0 Å². The minimum absolute atomic E-state index is 0.122. The van der Waals surface area contributed by atoms with Crippen LogP contribution in [-0.2, 0) is 10.0 Å². The van der Waals surface area contributed by atoms with Crippen molar-refractivity contribution in [1.29, 1.82) is 0 Å². The molecule has 0 aromatic carbocycles. The zero-order valence-corrected chi connectivity index (χ0v) is 12.1. The van der Waals surface area contributed by atoms with E-state index < -0.39 is 22.7 Å². The number of nitrogens with zero attached hydrogens (tertiary/aromatic N) is 1. The summed E-state index contributed by atoms with van der Waals surface area (Å²) in [4.78, 5) is 0. The summed E-state index contributed by atoms with van der Waals surface area (Å²) in [5, 5.41) is 0. The molecule has 0 aliphatic heterocycles. The van der Waals surface area contributed by atoms with E-state index in [1.54, 1.807) is 13.8 Å². The molecule has 0 spiro atoms. The highest BCUT2D eigenvalue weighted by molar-refractivity contribution is 7.89. The zero-order chi connectivity index (χ0) is 14.4. The predicted molar refractivity (Wildman–Crippen MR) is 66.2 cm³/mol. The molecule has 0 amide bonds. The minimum Gasteiger partial charge on any atom is -0.212 e. The Bertz CT molecular complexity index is 331. The van der Waals surface area contributed by atoms with E-state index in [1.165, 1.54) is 0 Å². The Morgan fingerprint density at radius 3 is 2.17 bits per heavy atom. The summed E-state index contributed by atoms with van der Waals surface area (Å²) in [6.45, 7) is 1.81. The summed E-state index contributed by atoms with van der Waals surface area (Å²) in [6.07, 6.45) is -3.77. The van der Waals surface area contributed by atoms with Gasteiger partial charge in [-0.1, -0.05) is 13.8 Å². The maximum atomic E-state index is 12.3. The number of unbranched alkanes of at least 4 members (excludes halogenated alkanes) is 1. The van der Waals surface area contributed by atoms with Crippen LogP contribution in [0.1, 0.15) is 26.7 Å². The van der Waals surface area contributed by atoms with Gasteiger partial charge in [0.05, 0.1) is 5.75 Å². The van der Waals surface area contributed by atoms with Gasteiger partial charge in [-0.2, -0.15) is 17.5 Å². The molecular formula is C10H19ClF3NO2S. The Morgan fingerprint density at radius 2 is 1.78 bits per heavy atom. The third-order valence-corrected chi connectivity index (χ3v) is 4.24. The lowest BCUT2D eigenvalue weighted by atomic mass is 10.2. The maximum absolute atomic E-state index is 12.3. The average molecular weight is 310 g/mol. The number of alkyl halides is 4. The molecular weight excluding hydrogens is 291 g/mol. The molecule has 0 saturated heterocycles. The highest BCUT2D eigenvalue weighted by atomic mass is 35.5.